The Kier molecular flexibility index (Phi) is 7.09. The second-order valence-electron chi connectivity index (χ2n) is 3.29. The highest BCUT2D eigenvalue weighted by atomic mass is 35.5. The molecule has 0 radical (unpaired) electrons. The van der Waals surface area contributed by atoms with Crippen molar-refractivity contribution in [2.24, 2.45) is 0 Å². The van der Waals surface area contributed by atoms with Crippen LogP contribution in [0.2, 0.25) is 0 Å². The standard InChI is InChI=1S/C9H19N.ClH/c1-2-3-4-6-9-7-5-8-10-9;/h9-10H,2-8H2,1H3;1H. The van der Waals surface area contributed by atoms with E-state index in [1.165, 1.54) is 45.1 Å². The molecule has 0 amide bonds. The maximum absolute atomic E-state index is 3.52. The predicted molar refractivity (Wildman–Crippen MR) is 52.4 cm³/mol. The van der Waals surface area contributed by atoms with Gasteiger partial charge < -0.3 is 5.32 Å². The second-order valence-corrected chi connectivity index (χ2v) is 3.29. The van der Waals surface area contributed by atoms with Gasteiger partial charge in [-0.25, -0.2) is 0 Å². The van der Waals surface area contributed by atoms with Crippen LogP contribution in [-0.2, 0) is 0 Å². The van der Waals surface area contributed by atoms with Crippen LogP contribution in [0.5, 0.6) is 0 Å². The summed E-state index contributed by atoms with van der Waals surface area (Å²) in [6.45, 7) is 3.53. The van der Waals surface area contributed by atoms with E-state index in [9.17, 15) is 0 Å². The molecule has 1 saturated heterocycles. The van der Waals surface area contributed by atoms with Crippen LogP contribution in [0, 0.1) is 0 Å². The van der Waals surface area contributed by atoms with Gasteiger partial charge in [0, 0.05) is 6.04 Å². The zero-order chi connectivity index (χ0) is 7.23. The van der Waals surface area contributed by atoms with Crippen molar-refractivity contribution >= 4 is 12.4 Å². The van der Waals surface area contributed by atoms with Crippen LogP contribution in [-0.4, -0.2) is 12.6 Å². The third kappa shape index (κ3) is 4.65. The summed E-state index contributed by atoms with van der Waals surface area (Å²) in [5, 5.41) is 3.52. The third-order valence-electron chi connectivity index (χ3n) is 2.32. The van der Waals surface area contributed by atoms with E-state index in [1.54, 1.807) is 0 Å². The summed E-state index contributed by atoms with van der Waals surface area (Å²) in [5.41, 5.74) is 0. The maximum atomic E-state index is 3.52. The fraction of sp³-hybridized carbons (Fsp3) is 1.00. The highest BCUT2D eigenvalue weighted by Crippen LogP contribution is 2.12. The van der Waals surface area contributed by atoms with Crippen LogP contribution >= 0.6 is 12.4 Å². The Morgan fingerprint density at radius 1 is 1.36 bits per heavy atom. The lowest BCUT2D eigenvalue weighted by Gasteiger charge is -2.07. The lowest BCUT2D eigenvalue weighted by Crippen LogP contribution is -2.20. The van der Waals surface area contributed by atoms with Crippen LogP contribution in [0.3, 0.4) is 0 Å². The Bertz CT molecular complexity index is 79.6. The highest BCUT2D eigenvalue weighted by Gasteiger charge is 2.12. The minimum absolute atomic E-state index is 0. The molecule has 1 nitrogen and oxygen atoms in total. The van der Waals surface area contributed by atoms with Crippen molar-refractivity contribution in [2.75, 3.05) is 6.54 Å². The average molecular weight is 178 g/mol. The SMILES string of the molecule is CCCCCC1CCCN1.Cl. The Balaban J connectivity index is 0.000001000. The molecule has 1 aliphatic heterocycles. The molecule has 1 N–H and O–H groups in total. The molecular weight excluding hydrogens is 158 g/mol. The molecule has 68 valence electrons. The molecule has 0 spiro atoms. The quantitative estimate of drug-likeness (QED) is 0.652. The maximum Gasteiger partial charge on any atom is 0.00675 e. The lowest BCUT2D eigenvalue weighted by molar-refractivity contribution is 0.520. The Morgan fingerprint density at radius 2 is 2.18 bits per heavy atom. The highest BCUT2D eigenvalue weighted by molar-refractivity contribution is 5.85. The van der Waals surface area contributed by atoms with E-state index < -0.39 is 0 Å². The van der Waals surface area contributed by atoms with Crippen LogP contribution in [0.4, 0.5) is 0 Å². The molecule has 0 aliphatic carbocycles. The first-order chi connectivity index (χ1) is 4.93. The smallest absolute Gasteiger partial charge is 0.00675 e. The molecule has 0 aromatic rings. The van der Waals surface area contributed by atoms with Gasteiger partial charge in [-0.05, 0) is 25.8 Å². The third-order valence-corrected chi connectivity index (χ3v) is 2.32. The van der Waals surface area contributed by atoms with Crippen molar-refractivity contribution in [1.82, 2.24) is 5.32 Å². The first-order valence-electron chi connectivity index (χ1n) is 4.67. The zero-order valence-corrected chi connectivity index (χ0v) is 8.25. The average Bonchev–Trinajstić information content (AvgIpc) is 2.41. The molecule has 0 aromatic carbocycles. The van der Waals surface area contributed by atoms with Crippen molar-refractivity contribution in [3.8, 4) is 0 Å². The molecular formula is C9H20ClN. The van der Waals surface area contributed by atoms with Crippen LogP contribution in [0.1, 0.15) is 45.4 Å². The summed E-state index contributed by atoms with van der Waals surface area (Å²) in [6, 6.07) is 0.867. The normalized spacial score (nSPS) is 23.2. The van der Waals surface area contributed by atoms with E-state index in [1.807, 2.05) is 0 Å². The van der Waals surface area contributed by atoms with Gasteiger partial charge >= 0.3 is 0 Å². The molecule has 0 bridgehead atoms. The molecule has 1 aliphatic rings. The minimum Gasteiger partial charge on any atom is -0.314 e. The van der Waals surface area contributed by atoms with Crippen molar-refractivity contribution < 1.29 is 0 Å². The fourth-order valence-corrected chi connectivity index (χ4v) is 1.64. The van der Waals surface area contributed by atoms with Crippen LogP contribution in [0.25, 0.3) is 0 Å². The number of nitrogens with one attached hydrogen (secondary N) is 1. The van der Waals surface area contributed by atoms with E-state index in [2.05, 4.69) is 12.2 Å². The number of hydrogen-bond acceptors (Lipinski definition) is 1. The molecule has 1 fully saturated rings. The monoisotopic (exact) mass is 177 g/mol. The van der Waals surface area contributed by atoms with E-state index >= 15 is 0 Å². The predicted octanol–water partition coefficient (Wildman–Crippen LogP) is 2.74. The van der Waals surface area contributed by atoms with Crippen LogP contribution < -0.4 is 5.32 Å². The van der Waals surface area contributed by atoms with Crippen LogP contribution in [0.15, 0.2) is 0 Å². The summed E-state index contributed by atoms with van der Waals surface area (Å²) in [6.07, 6.45) is 8.42. The van der Waals surface area contributed by atoms with E-state index in [-0.39, 0.29) is 12.4 Å². The molecule has 11 heavy (non-hydrogen) atoms. The Hall–Kier alpha value is 0.250. The van der Waals surface area contributed by atoms with Crippen molar-refractivity contribution in [2.45, 2.75) is 51.5 Å². The summed E-state index contributed by atoms with van der Waals surface area (Å²) in [4.78, 5) is 0. The Morgan fingerprint density at radius 3 is 2.73 bits per heavy atom. The Labute approximate surface area is 76.4 Å². The summed E-state index contributed by atoms with van der Waals surface area (Å²) in [7, 11) is 0. The summed E-state index contributed by atoms with van der Waals surface area (Å²) >= 11 is 0. The molecule has 2 heteroatoms. The van der Waals surface area contributed by atoms with Gasteiger partial charge in [-0.1, -0.05) is 26.2 Å². The topological polar surface area (TPSA) is 12.0 Å². The van der Waals surface area contributed by atoms with Gasteiger partial charge in [0.25, 0.3) is 0 Å². The van der Waals surface area contributed by atoms with Crippen molar-refractivity contribution in [3.63, 3.8) is 0 Å². The zero-order valence-electron chi connectivity index (χ0n) is 7.44. The fourth-order valence-electron chi connectivity index (χ4n) is 1.64. The molecule has 0 aromatic heterocycles. The summed E-state index contributed by atoms with van der Waals surface area (Å²) in [5.74, 6) is 0. The van der Waals surface area contributed by atoms with Gasteiger partial charge in [-0.3, -0.25) is 0 Å². The van der Waals surface area contributed by atoms with Gasteiger partial charge in [-0.2, -0.15) is 0 Å². The number of unbranched alkanes of at least 4 members (excludes halogenated alkanes) is 2. The van der Waals surface area contributed by atoms with Gasteiger partial charge in [0.1, 0.15) is 0 Å². The van der Waals surface area contributed by atoms with E-state index in [0.29, 0.717) is 0 Å². The van der Waals surface area contributed by atoms with Crippen molar-refractivity contribution in [1.29, 1.82) is 0 Å². The molecule has 1 unspecified atom stereocenters. The molecule has 1 rings (SSSR count). The minimum atomic E-state index is 0. The number of halogens is 1. The largest absolute Gasteiger partial charge is 0.314 e. The molecule has 0 saturated carbocycles. The summed E-state index contributed by atoms with van der Waals surface area (Å²) < 4.78 is 0. The first-order valence-corrected chi connectivity index (χ1v) is 4.67. The number of hydrogen-bond donors (Lipinski definition) is 1. The lowest BCUT2D eigenvalue weighted by atomic mass is 10.1. The molecule has 1 heterocycles. The van der Waals surface area contributed by atoms with Gasteiger partial charge in [0.15, 0.2) is 0 Å². The van der Waals surface area contributed by atoms with Crippen molar-refractivity contribution in [3.05, 3.63) is 0 Å². The molecule has 1 atom stereocenters. The van der Waals surface area contributed by atoms with Gasteiger partial charge in [0.2, 0.25) is 0 Å². The van der Waals surface area contributed by atoms with E-state index in [4.69, 9.17) is 0 Å². The van der Waals surface area contributed by atoms with E-state index in [0.717, 1.165) is 6.04 Å². The van der Waals surface area contributed by atoms with Gasteiger partial charge in [0.05, 0.1) is 0 Å². The van der Waals surface area contributed by atoms with Gasteiger partial charge in [-0.15, -0.1) is 12.4 Å². The first kappa shape index (κ1) is 11.2. The number of rotatable bonds is 4. The second kappa shape index (κ2) is 6.93.